The van der Waals surface area contributed by atoms with Crippen LogP contribution in [0.2, 0.25) is 0 Å². The second kappa shape index (κ2) is 5.99. The number of hydrogen-bond acceptors (Lipinski definition) is 4. The van der Waals surface area contributed by atoms with Crippen molar-refractivity contribution < 1.29 is 9.90 Å². The van der Waals surface area contributed by atoms with E-state index in [-0.39, 0.29) is 12.5 Å². The van der Waals surface area contributed by atoms with Gasteiger partial charge in [-0.25, -0.2) is 0 Å². The molecule has 21 heavy (non-hydrogen) atoms. The minimum Gasteiger partial charge on any atom is -0.384 e. The van der Waals surface area contributed by atoms with Gasteiger partial charge in [-0.1, -0.05) is 0 Å². The molecule has 2 aromatic rings. The van der Waals surface area contributed by atoms with Crippen molar-refractivity contribution in [1.82, 2.24) is 15.1 Å². The molecule has 0 bridgehead atoms. The third-order valence-electron chi connectivity index (χ3n) is 3.54. The normalized spacial score (nSPS) is 15.5. The lowest BCUT2D eigenvalue weighted by Crippen LogP contribution is -2.41. The van der Waals surface area contributed by atoms with Crippen LogP contribution in [0.5, 0.6) is 0 Å². The Labute approximate surface area is 128 Å². The van der Waals surface area contributed by atoms with Crippen molar-refractivity contribution in [2.75, 3.05) is 6.54 Å². The molecule has 0 unspecified atom stereocenters. The molecule has 0 radical (unpaired) electrons. The first kappa shape index (κ1) is 15.7. The van der Waals surface area contributed by atoms with Crippen molar-refractivity contribution in [2.24, 2.45) is 0 Å². The standard InChI is InChI=1S/C15H21N3O2S/c1-10-7-11(2)18(17-10)12(3)14(19)16-9-15(4,20)13-5-6-21-8-13/h5-8,12,20H,9H2,1-4H3,(H,16,19)/t12-,15+/m0/s1. The summed E-state index contributed by atoms with van der Waals surface area (Å²) >= 11 is 1.52. The third-order valence-corrected chi connectivity index (χ3v) is 4.22. The van der Waals surface area contributed by atoms with Crippen molar-refractivity contribution >= 4 is 17.2 Å². The van der Waals surface area contributed by atoms with Crippen LogP contribution in [-0.4, -0.2) is 27.3 Å². The van der Waals surface area contributed by atoms with Gasteiger partial charge in [0, 0.05) is 5.69 Å². The molecule has 0 fully saturated rings. The molecule has 1 amide bonds. The highest BCUT2D eigenvalue weighted by Crippen LogP contribution is 2.22. The highest BCUT2D eigenvalue weighted by atomic mass is 32.1. The number of nitrogens with zero attached hydrogens (tertiary/aromatic N) is 2. The van der Waals surface area contributed by atoms with E-state index >= 15 is 0 Å². The van der Waals surface area contributed by atoms with Crippen molar-refractivity contribution in [3.05, 3.63) is 39.8 Å². The number of thiophene rings is 1. The second-order valence-electron chi connectivity index (χ2n) is 5.55. The summed E-state index contributed by atoms with van der Waals surface area (Å²) < 4.78 is 1.70. The van der Waals surface area contributed by atoms with Crippen LogP contribution in [0.15, 0.2) is 22.9 Å². The fourth-order valence-corrected chi connectivity index (χ4v) is 3.01. The predicted molar refractivity (Wildman–Crippen MR) is 83.3 cm³/mol. The lowest BCUT2D eigenvalue weighted by Gasteiger charge is -2.24. The molecule has 0 aliphatic carbocycles. The molecule has 0 saturated carbocycles. The molecule has 0 aliphatic rings. The van der Waals surface area contributed by atoms with Crippen molar-refractivity contribution in [1.29, 1.82) is 0 Å². The van der Waals surface area contributed by atoms with Crippen LogP contribution in [0.25, 0.3) is 0 Å². The summed E-state index contributed by atoms with van der Waals surface area (Å²) in [6, 6.07) is 3.39. The molecule has 0 aromatic carbocycles. The van der Waals surface area contributed by atoms with E-state index in [1.54, 1.807) is 18.5 Å². The van der Waals surface area contributed by atoms with Crippen LogP contribution in [0.4, 0.5) is 0 Å². The number of nitrogens with one attached hydrogen (secondary N) is 1. The van der Waals surface area contributed by atoms with Gasteiger partial charge in [0.25, 0.3) is 0 Å². The summed E-state index contributed by atoms with van der Waals surface area (Å²) in [4.78, 5) is 12.2. The van der Waals surface area contributed by atoms with Gasteiger partial charge in [0.1, 0.15) is 11.6 Å². The van der Waals surface area contributed by atoms with Crippen LogP contribution in [0.3, 0.4) is 0 Å². The van der Waals surface area contributed by atoms with E-state index in [9.17, 15) is 9.90 Å². The molecule has 2 N–H and O–H groups in total. The molecule has 5 nitrogen and oxygen atoms in total. The molecule has 2 atom stereocenters. The molecule has 6 heteroatoms. The third kappa shape index (κ3) is 3.51. The van der Waals surface area contributed by atoms with Crippen LogP contribution in [0.1, 0.15) is 36.8 Å². The van der Waals surface area contributed by atoms with Gasteiger partial charge >= 0.3 is 0 Å². The molecular formula is C15H21N3O2S. The highest BCUT2D eigenvalue weighted by Gasteiger charge is 2.26. The summed E-state index contributed by atoms with van der Waals surface area (Å²) in [7, 11) is 0. The zero-order valence-electron chi connectivity index (χ0n) is 12.8. The van der Waals surface area contributed by atoms with Crippen LogP contribution >= 0.6 is 11.3 Å². The lowest BCUT2D eigenvalue weighted by atomic mass is 9.99. The van der Waals surface area contributed by atoms with Gasteiger partial charge in [-0.05, 0) is 56.2 Å². The van der Waals surface area contributed by atoms with E-state index in [1.165, 1.54) is 11.3 Å². The summed E-state index contributed by atoms with van der Waals surface area (Å²) in [6.07, 6.45) is 0. The summed E-state index contributed by atoms with van der Waals surface area (Å²) in [6.45, 7) is 7.49. The zero-order valence-corrected chi connectivity index (χ0v) is 13.6. The van der Waals surface area contributed by atoms with Gasteiger partial charge in [0.2, 0.25) is 5.91 Å². The topological polar surface area (TPSA) is 67.2 Å². The van der Waals surface area contributed by atoms with Gasteiger partial charge in [-0.3, -0.25) is 9.48 Å². The lowest BCUT2D eigenvalue weighted by molar-refractivity contribution is -0.125. The van der Waals surface area contributed by atoms with Crippen molar-refractivity contribution in [3.8, 4) is 0 Å². The number of rotatable bonds is 5. The first-order chi connectivity index (χ1) is 9.81. The maximum absolute atomic E-state index is 12.2. The number of carbonyl (C=O) groups is 1. The number of aryl methyl sites for hydroxylation is 2. The number of carbonyl (C=O) groups excluding carboxylic acids is 1. The monoisotopic (exact) mass is 307 g/mol. The Morgan fingerprint density at radius 2 is 2.29 bits per heavy atom. The summed E-state index contributed by atoms with van der Waals surface area (Å²) in [5.74, 6) is -0.156. The summed E-state index contributed by atoms with van der Waals surface area (Å²) in [5, 5.41) is 21.3. The first-order valence-electron chi connectivity index (χ1n) is 6.87. The predicted octanol–water partition coefficient (Wildman–Crippen LogP) is 2.15. The number of amides is 1. The zero-order chi connectivity index (χ0) is 15.6. The maximum Gasteiger partial charge on any atom is 0.244 e. The first-order valence-corrected chi connectivity index (χ1v) is 7.81. The maximum atomic E-state index is 12.2. The Bertz CT molecular complexity index is 617. The molecular weight excluding hydrogens is 286 g/mol. The van der Waals surface area contributed by atoms with E-state index in [1.807, 2.05) is 36.7 Å². The second-order valence-corrected chi connectivity index (χ2v) is 6.33. The van der Waals surface area contributed by atoms with Crippen LogP contribution < -0.4 is 5.32 Å². The Balaban J connectivity index is 2.00. The van der Waals surface area contributed by atoms with E-state index in [0.717, 1.165) is 17.0 Å². The van der Waals surface area contributed by atoms with Gasteiger partial charge in [0.15, 0.2) is 0 Å². The highest BCUT2D eigenvalue weighted by molar-refractivity contribution is 7.08. The fourth-order valence-electron chi connectivity index (χ4n) is 2.23. The molecule has 2 rings (SSSR count). The molecule has 0 aliphatic heterocycles. The number of aliphatic hydroxyl groups is 1. The smallest absolute Gasteiger partial charge is 0.244 e. The van der Waals surface area contributed by atoms with Crippen molar-refractivity contribution in [2.45, 2.75) is 39.3 Å². The Morgan fingerprint density at radius 1 is 1.57 bits per heavy atom. The average molecular weight is 307 g/mol. The van der Waals surface area contributed by atoms with E-state index in [0.29, 0.717) is 0 Å². The Hall–Kier alpha value is -1.66. The SMILES string of the molecule is Cc1cc(C)n([C@@H](C)C(=O)NC[C@@](C)(O)c2ccsc2)n1. The van der Waals surface area contributed by atoms with Crippen LogP contribution in [0, 0.1) is 13.8 Å². The molecule has 2 aromatic heterocycles. The molecule has 0 spiro atoms. The number of hydrogen-bond donors (Lipinski definition) is 2. The minimum absolute atomic E-state index is 0.156. The number of aromatic nitrogens is 2. The quantitative estimate of drug-likeness (QED) is 0.889. The van der Waals surface area contributed by atoms with Crippen molar-refractivity contribution in [3.63, 3.8) is 0 Å². The summed E-state index contributed by atoms with van der Waals surface area (Å²) in [5.41, 5.74) is 1.58. The van der Waals surface area contributed by atoms with E-state index in [2.05, 4.69) is 10.4 Å². The average Bonchev–Trinajstić information content (AvgIpc) is 3.05. The molecule has 0 saturated heterocycles. The van der Waals surface area contributed by atoms with Gasteiger partial charge in [0.05, 0.1) is 12.2 Å². The Kier molecular flexibility index (Phi) is 4.49. The van der Waals surface area contributed by atoms with E-state index in [4.69, 9.17) is 0 Å². The minimum atomic E-state index is -1.07. The largest absolute Gasteiger partial charge is 0.384 e. The van der Waals surface area contributed by atoms with Crippen LogP contribution in [-0.2, 0) is 10.4 Å². The van der Waals surface area contributed by atoms with Gasteiger partial charge in [-0.2, -0.15) is 16.4 Å². The van der Waals surface area contributed by atoms with Gasteiger partial charge in [-0.15, -0.1) is 0 Å². The van der Waals surface area contributed by atoms with Gasteiger partial charge < -0.3 is 10.4 Å². The molecule has 2 heterocycles. The molecule has 114 valence electrons. The fraction of sp³-hybridized carbons (Fsp3) is 0.467. The van der Waals surface area contributed by atoms with E-state index < -0.39 is 11.6 Å². The Morgan fingerprint density at radius 3 is 2.81 bits per heavy atom.